The lowest BCUT2D eigenvalue weighted by atomic mass is 10.2. The first kappa shape index (κ1) is 15.4. The topological polar surface area (TPSA) is 61.8 Å². The van der Waals surface area contributed by atoms with Gasteiger partial charge in [0.15, 0.2) is 12.2 Å². The third kappa shape index (κ3) is 3.83. The van der Waals surface area contributed by atoms with E-state index in [1.54, 1.807) is 0 Å². The average molecular weight is 312 g/mol. The van der Waals surface area contributed by atoms with Gasteiger partial charge in [0.1, 0.15) is 0 Å². The van der Waals surface area contributed by atoms with Crippen LogP contribution in [0.4, 0.5) is 0 Å². The molecule has 2 aromatic carbocycles. The smallest absolute Gasteiger partial charge is 0.346 e. The molecule has 2 atom stereocenters. The monoisotopic (exact) mass is 312 g/mol. The summed E-state index contributed by atoms with van der Waals surface area (Å²) < 4.78 is 15.7. The second kappa shape index (κ2) is 7.17. The van der Waals surface area contributed by atoms with Gasteiger partial charge in [-0.2, -0.15) is 0 Å². The first-order valence-corrected chi connectivity index (χ1v) is 7.30. The maximum atomic E-state index is 11.8. The maximum absolute atomic E-state index is 11.8. The second-order valence-corrected chi connectivity index (χ2v) is 5.17. The molecular weight excluding hydrogens is 296 g/mol. The van der Waals surface area contributed by atoms with Crippen LogP contribution < -0.4 is 0 Å². The maximum Gasteiger partial charge on any atom is 0.346 e. The van der Waals surface area contributed by atoms with Crippen molar-refractivity contribution in [2.75, 3.05) is 0 Å². The summed E-state index contributed by atoms with van der Waals surface area (Å²) in [5, 5.41) is 0. The van der Waals surface area contributed by atoms with Crippen LogP contribution in [-0.4, -0.2) is 24.1 Å². The Hall–Kier alpha value is -2.50. The van der Waals surface area contributed by atoms with E-state index >= 15 is 0 Å². The summed E-state index contributed by atoms with van der Waals surface area (Å²) in [7, 11) is 0. The van der Waals surface area contributed by atoms with Crippen LogP contribution in [0.5, 0.6) is 0 Å². The summed E-state index contributed by atoms with van der Waals surface area (Å²) in [5.74, 6) is -1.41. The molecule has 3 rings (SSSR count). The van der Waals surface area contributed by atoms with Crippen LogP contribution in [0.1, 0.15) is 11.1 Å². The zero-order valence-corrected chi connectivity index (χ0v) is 12.4. The summed E-state index contributed by atoms with van der Waals surface area (Å²) in [6.07, 6.45) is -2.07. The van der Waals surface area contributed by atoms with Crippen LogP contribution in [0, 0.1) is 0 Å². The van der Waals surface area contributed by atoms with E-state index in [1.165, 1.54) is 0 Å². The lowest BCUT2D eigenvalue weighted by Crippen LogP contribution is -2.34. The number of ether oxygens (including phenoxy) is 3. The molecule has 0 radical (unpaired) electrons. The Kier molecular flexibility index (Phi) is 4.80. The Labute approximate surface area is 133 Å². The lowest BCUT2D eigenvalue weighted by Gasteiger charge is -2.15. The third-order valence-electron chi connectivity index (χ3n) is 3.49. The third-order valence-corrected chi connectivity index (χ3v) is 3.49. The van der Waals surface area contributed by atoms with Crippen molar-refractivity contribution in [1.29, 1.82) is 0 Å². The van der Waals surface area contributed by atoms with Gasteiger partial charge < -0.3 is 14.2 Å². The van der Waals surface area contributed by atoms with E-state index in [1.807, 2.05) is 60.7 Å². The van der Waals surface area contributed by atoms with Crippen molar-refractivity contribution in [2.45, 2.75) is 25.4 Å². The quantitative estimate of drug-likeness (QED) is 0.605. The lowest BCUT2D eigenvalue weighted by molar-refractivity contribution is -0.156. The molecular formula is C18H16O5. The van der Waals surface area contributed by atoms with Crippen molar-refractivity contribution < 1.29 is 23.8 Å². The summed E-state index contributed by atoms with van der Waals surface area (Å²) in [5.41, 5.74) is 1.81. The minimum Gasteiger partial charge on any atom is -0.389 e. The normalized spacial score (nSPS) is 20.5. The molecule has 0 N–H and O–H groups in total. The number of carbonyl (C=O) groups excluding carboxylic acids is 2. The van der Waals surface area contributed by atoms with Gasteiger partial charge in [-0.15, -0.1) is 0 Å². The Morgan fingerprint density at radius 3 is 1.48 bits per heavy atom. The van der Waals surface area contributed by atoms with Crippen molar-refractivity contribution in [3.05, 3.63) is 71.8 Å². The highest BCUT2D eigenvalue weighted by Gasteiger charge is 2.46. The standard InChI is InChI=1S/C18H16O5/c19-17-15(21-11-13-7-3-1-4-8-13)16(18(20)23-17)22-12-14-9-5-2-6-10-14/h1-10,15-16H,11-12H2. The molecule has 0 aliphatic carbocycles. The number of hydrogen-bond acceptors (Lipinski definition) is 5. The molecule has 1 fully saturated rings. The van der Waals surface area contributed by atoms with Crippen molar-refractivity contribution >= 4 is 11.9 Å². The molecule has 5 heteroatoms. The number of benzene rings is 2. The summed E-state index contributed by atoms with van der Waals surface area (Å²) in [4.78, 5) is 23.6. The van der Waals surface area contributed by atoms with E-state index in [0.29, 0.717) is 0 Å². The zero-order valence-electron chi connectivity index (χ0n) is 12.4. The molecule has 118 valence electrons. The number of hydrogen-bond donors (Lipinski definition) is 0. The van der Waals surface area contributed by atoms with Crippen molar-refractivity contribution in [2.24, 2.45) is 0 Å². The number of esters is 2. The van der Waals surface area contributed by atoms with Crippen molar-refractivity contribution in [3.63, 3.8) is 0 Å². The highest BCUT2D eigenvalue weighted by molar-refractivity contribution is 5.99. The Morgan fingerprint density at radius 1 is 0.696 bits per heavy atom. The van der Waals surface area contributed by atoms with Gasteiger partial charge in [0.25, 0.3) is 0 Å². The van der Waals surface area contributed by atoms with Crippen LogP contribution in [0.3, 0.4) is 0 Å². The van der Waals surface area contributed by atoms with E-state index < -0.39 is 24.1 Å². The van der Waals surface area contributed by atoms with E-state index in [-0.39, 0.29) is 13.2 Å². The molecule has 0 saturated carbocycles. The Balaban J connectivity index is 1.62. The van der Waals surface area contributed by atoms with Gasteiger partial charge in [0.2, 0.25) is 0 Å². The molecule has 1 heterocycles. The number of rotatable bonds is 6. The number of cyclic esters (lactones) is 2. The highest BCUT2D eigenvalue weighted by Crippen LogP contribution is 2.20. The molecule has 2 unspecified atom stereocenters. The van der Waals surface area contributed by atoms with Gasteiger partial charge in [0.05, 0.1) is 13.2 Å². The Bertz CT molecular complexity index is 609. The summed E-state index contributed by atoms with van der Waals surface area (Å²) >= 11 is 0. The van der Waals surface area contributed by atoms with E-state index in [2.05, 4.69) is 4.74 Å². The fourth-order valence-electron chi connectivity index (χ4n) is 2.29. The average Bonchev–Trinajstić information content (AvgIpc) is 2.86. The minimum absolute atomic E-state index is 0.207. The Morgan fingerprint density at radius 2 is 1.09 bits per heavy atom. The fraction of sp³-hybridized carbons (Fsp3) is 0.222. The van der Waals surface area contributed by atoms with Gasteiger partial charge in [0, 0.05) is 0 Å². The summed E-state index contributed by atoms with van der Waals surface area (Å²) in [6.45, 7) is 0.415. The minimum atomic E-state index is -1.04. The van der Waals surface area contributed by atoms with Crippen LogP contribution in [0.25, 0.3) is 0 Å². The summed E-state index contributed by atoms with van der Waals surface area (Å²) in [6, 6.07) is 18.8. The highest BCUT2D eigenvalue weighted by atomic mass is 16.7. The molecule has 1 aliphatic rings. The van der Waals surface area contributed by atoms with Gasteiger partial charge >= 0.3 is 11.9 Å². The first-order chi connectivity index (χ1) is 11.2. The SMILES string of the molecule is O=C1OC(=O)C(OCc2ccccc2)C1OCc1ccccc1. The molecule has 5 nitrogen and oxygen atoms in total. The van der Waals surface area contributed by atoms with Gasteiger partial charge in [-0.3, -0.25) is 0 Å². The van der Waals surface area contributed by atoms with E-state index in [0.717, 1.165) is 11.1 Å². The molecule has 1 saturated heterocycles. The molecule has 0 bridgehead atoms. The molecule has 0 spiro atoms. The zero-order chi connectivity index (χ0) is 16.1. The van der Waals surface area contributed by atoms with Crippen LogP contribution >= 0.6 is 0 Å². The van der Waals surface area contributed by atoms with E-state index in [4.69, 9.17) is 9.47 Å². The predicted octanol–water partition coefficient (Wildman–Crippen LogP) is 2.24. The fourth-order valence-corrected chi connectivity index (χ4v) is 2.29. The first-order valence-electron chi connectivity index (χ1n) is 7.30. The van der Waals surface area contributed by atoms with Crippen LogP contribution in [0.15, 0.2) is 60.7 Å². The molecule has 23 heavy (non-hydrogen) atoms. The van der Waals surface area contributed by atoms with E-state index in [9.17, 15) is 9.59 Å². The molecule has 0 amide bonds. The van der Waals surface area contributed by atoms with Crippen molar-refractivity contribution in [1.82, 2.24) is 0 Å². The largest absolute Gasteiger partial charge is 0.389 e. The van der Waals surface area contributed by atoms with Gasteiger partial charge in [-0.25, -0.2) is 9.59 Å². The predicted molar refractivity (Wildman–Crippen MR) is 81.1 cm³/mol. The molecule has 1 aliphatic heterocycles. The van der Waals surface area contributed by atoms with Crippen molar-refractivity contribution in [3.8, 4) is 0 Å². The van der Waals surface area contributed by atoms with Gasteiger partial charge in [-0.05, 0) is 11.1 Å². The number of carbonyl (C=O) groups is 2. The molecule has 2 aromatic rings. The molecule has 0 aromatic heterocycles. The van der Waals surface area contributed by atoms with Gasteiger partial charge in [-0.1, -0.05) is 60.7 Å². The van der Waals surface area contributed by atoms with Crippen LogP contribution in [-0.2, 0) is 37.0 Å². The van der Waals surface area contributed by atoms with Crippen LogP contribution in [0.2, 0.25) is 0 Å². The second-order valence-electron chi connectivity index (χ2n) is 5.17.